The lowest BCUT2D eigenvalue weighted by Crippen LogP contribution is -2.30. The summed E-state index contributed by atoms with van der Waals surface area (Å²) in [6, 6.07) is 7.83. The first-order valence-corrected chi connectivity index (χ1v) is 7.11. The van der Waals surface area contributed by atoms with Gasteiger partial charge in [-0.15, -0.1) is 0 Å². The van der Waals surface area contributed by atoms with E-state index in [0.717, 1.165) is 10.0 Å². The van der Waals surface area contributed by atoms with Gasteiger partial charge in [-0.05, 0) is 24.5 Å². The number of aryl methyl sites for hydroxylation is 1. The first kappa shape index (κ1) is 14.1. The van der Waals surface area contributed by atoms with Crippen LogP contribution in [0.3, 0.4) is 0 Å². The van der Waals surface area contributed by atoms with E-state index >= 15 is 0 Å². The number of amides is 1. The second-order valence-corrected chi connectivity index (χ2v) is 5.61. The summed E-state index contributed by atoms with van der Waals surface area (Å²) in [7, 11) is 0. The van der Waals surface area contributed by atoms with E-state index in [1.54, 1.807) is 4.90 Å². The third kappa shape index (κ3) is 3.56. The van der Waals surface area contributed by atoms with Gasteiger partial charge in [0.2, 0.25) is 5.91 Å². The van der Waals surface area contributed by atoms with Crippen LogP contribution in [0.2, 0.25) is 0 Å². The largest absolute Gasteiger partial charge is 0.481 e. The van der Waals surface area contributed by atoms with Crippen LogP contribution in [0.15, 0.2) is 28.7 Å². The fourth-order valence-corrected chi connectivity index (χ4v) is 2.77. The number of hydrogen-bond donors (Lipinski definition) is 1. The van der Waals surface area contributed by atoms with Crippen molar-refractivity contribution < 1.29 is 14.7 Å². The number of carbonyl (C=O) groups is 2. The van der Waals surface area contributed by atoms with Crippen molar-refractivity contribution in [2.45, 2.75) is 19.3 Å². The number of benzene rings is 1. The van der Waals surface area contributed by atoms with Crippen LogP contribution in [-0.2, 0) is 16.0 Å². The van der Waals surface area contributed by atoms with Crippen molar-refractivity contribution in [3.05, 3.63) is 34.3 Å². The van der Waals surface area contributed by atoms with Crippen molar-refractivity contribution in [2.24, 2.45) is 5.92 Å². The van der Waals surface area contributed by atoms with Crippen LogP contribution in [0.1, 0.15) is 18.4 Å². The summed E-state index contributed by atoms with van der Waals surface area (Å²) in [5.74, 6) is -1.16. The quantitative estimate of drug-likeness (QED) is 0.924. The van der Waals surface area contributed by atoms with Gasteiger partial charge in [0, 0.05) is 24.0 Å². The monoisotopic (exact) mass is 325 g/mol. The highest BCUT2D eigenvalue weighted by Gasteiger charge is 2.30. The van der Waals surface area contributed by atoms with Crippen LogP contribution in [0.5, 0.6) is 0 Å². The number of aliphatic carboxylic acids is 1. The molecule has 19 heavy (non-hydrogen) atoms. The van der Waals surface area contributed by atoms with Crippen molar-refractivity contribution in [2.75, 3.05) is 13.1 Å². The third-order valence-corrected chi connectivity index (χ3v) is 4.23. The molecule has 1 heterocycles. The summed E-state index contributed by atoms with van der Waals surface area (Å²) in [5, 5.41) is 8.91. The van der Waals surface area contributed by atoms with E-state index in [0.29, 0.717) is 32.4 Å². The molecular weight excluding hydrogens is 310 g/mol. The first-order valence-electron chi connectivity index (χ1n) is 6.32. The molecule has 1 fully saturated rings. The van der Waals surface area contributed by atoms with Crippen LogP contribution < -0.4 is 0 Å². The molecule has 0 aliphatic carbocycles. The zero-order valence-corrected chi connectivity index (χ0v) is 12.1. The van der Waals surface area contributed by atoms with E-state index < -0.39 is 11.9 Å². The number of nitrogens with zero attached hydrogens (tertiary/aromatic N) is 1. The molecule has 5 heteroatoms. The number of halogens is 1. The van der Waals surface area contributed by atoms with Gasteiger partial charge in [0.25, 0.3) is 0 Å². The Morgan fingerprint density at radius 1 is 1.37 bits per heavy atom. The highest BCUT2D eigenvalue weighted by atomic mass is 79.9. The van der Waals surface area contributed by atoms with E-state index in [9.17, 15) is 9.59 Å². The number of carboxylic acids is 1. The molecule has 4 nitrogen and oxygen atoms in total. The second kappa shape index (κ2) is 6.19. The Morgan fingerprint density at radius 3 is 2.74 bits per heavy atom. The Balaban J connectivity index is 1.86. The van der Waals surface area contributed by atoms with Gasteiger partial charge in [0.1, 0.15) is 0 Å². The van der Waals surface area contributed by atoms with Crippen molar-refractivity contribution in [3.8, 4) is 0 Å². The van der Waals surface area contributed by atoms with Crippen molar-refractivity contribution in [3.63, 3.8) is 0 Å². The molecule has 0 aromatic heterocycles. The fourth-order valence-electron chi connectivity index (χ4n) is 2.29. The van der Waals surface area contributed by atoms with Gasteiger partial charge in [-0.1, -0.05) is 34.1 Å². The molecule has 0 spiro atoms. The molecule has 1 atom stereocenters. The maximum atomic E-state index is 12.0. The molecule has 102 valence electrons. The Bertz CT molecular complexity index is 489. The maximum Gasteiger partial charge on any atom is 0.308 e. The number of carbonyl (C=O) groups excluding carboxylic acids is 1. The zero-order valence-electron chi connectivity index (χ0n) is 10.5. The number of carboxylic acid groups (broad SMARTS) is 1. The van der Waals surface area contributed by atoms with Crippen molar-refractivity contribution in [1.29, 1.82) is 0 Å². The summed E-state index contributed by atoms with van der Waals surface area (Å²) >= 11 is 3.46. The average molecular weight is 326 g/mol. The van der Waals surface area contributed by atoms with Gasteiger partial charge in [0.05, 0.1) is 5.92 Å². The second-order valence-electron chi connectivity index (χ2n) is 4.75. The third-order valence-electron chi connectivity index (χ3n) is 3.46. The van der Waals surface area contributed by atoms with Crippen LogP contribution in [-0.4, -0.2) is 35.0 Å². The summed E-state index contributed by atoms with van der Waals surface area (Å²) < 4.78 is 1.01. The summed E-state index contributed by atoms with van der Waals surface area (Å²) in [6.45, 7) is 0.913. The van der Waals surface area contributed by atoms with Gasteiger partial charge < -0.3 is 10.0 Å². The maximum absolute atomic E-state index is 12.0. The Hall–Kier alpha value is -1.36. The molecule has 0 saturated carbocycles. The lowest BCUT2D eigenvalue weighted by atomic mass is 10.1. The van der Waals surface area contributed by atoms with Crippen LogP contribution >= 0.6 is 15.9 Å². The summed E-state index contributed by atoms with van der Waals surface area (Å²) in [5.41, 5.74) is 1.10. The number of likely N-dealkylation sites (tertiary alicyclic amines) is 1. The van der Waals surface area contributed by atoms with Crippen molar-refractivity contribution >= 4 is 27.8 Å². The molecule has 2 rings (SSSR count). The van der Waals surface area contributed by atoms with E-state index in [2.05, 4.69) is 15.9 Å². The summed E-state index contributed by atoms with van der Waals surface area (Å²) in [6.07, 6.45) is 1.67. The molecule has 1 N–H and O–H groups in total. The molecular formula is C14H16BrNO3. The Kier molecular flexibility index (Phi) is 4.58. The summed E-state index contributed by atoms with van der Waals surface area (Å²) in [4.78, 5) is 24.5. The van der Waals surface area contributed by atoms with Crippen LogP contribution in [0, 0.1) is 5.92 Å². The number of hydrogen-bond acceptors (Lipinski definition) is 2. The van der Waals surface area contributed by atoms with Gasteiger partial charge >= 0.3 is 5.97 Å². The fraction of sp³-hybridized carbons (Fsp3) is 0.429. The Labute approximate surface area is 120 Å². The molecule has 1 aromatic carbocycles. The van der Waals surface area contributed by atoms with Crippen LogP contribution in [0.4, 0.5) is 0 Å². The molecule has 1 aromatic rings. The van der Waals surface area contributed by atoms with Gasteiger partial charge in [-0.3, -0.25) is 9.59 Å². The predicted molar refractivity (Wildman–Crippen MR) is 74.8 cm³/mol. The highest BCUT2D eigenvalue weighted by molar-refractivity contribution is 9.10. The lowest BCUT2D eigenvalue weighted by molar-refractivity contribution is -0.141. The smallest absolute Gasteiger partial charge is 0.308 e. The SMILES string of the molecule is O=C(O)C1CCN(C(=O)CCc2ccccc2Br)C1. The topological polar surface area (TPSA) is 57.6 Å². The van der Waals surface area contributed by atoms with E-state index in [-0.39, 0.29) is 5.91 Å². The van der Waals surface area contributed by atoms with E-state index in [1.165, 1.54) is 0 Å². The molecule has 1 aliphatic rings. The predicted octanol–water partition coefficient (Wildman–Crippen LogP) is 2.31. The van der Waals surface area contributed by atoms with Gasteiger partial charge in [0.15, 0.2) is 0 Å². The first-order chi connectivity index (χ1) is 9.08. The Morgan fingerprint density at radius 2 is 2.11 bits per heavy atom. The van der Waals surface area contributed by atoms with Gasteiger partial charge in [-0.25, -0.2) is 0 Å². The molecule has 1 saturated heterocycles. The molecule has 1 aliphatic heterocycles. The van der Waals surface area contributed by atoms with E-state index in [1.807, 2.05) is 24.3 Å². The molecule has 1 amide bonds. The van der Waals surface area contributed by atoms with E-state index in [4.69, 9.17) is 5.11 Å². The van der Waals surface area contributed by atoms with Crippen molar-refractivity contribution in [1.82, 2.24) is 4.90 Å². The molecule has 0 radical (unpaired) electrons. The minimum Gasteiger partial charge on any atom is -0.481 e. The standard InChI is InChI=1S/C14H16BrNO3/c15-12-4-2-1-3-10(12)5-6-13(17)16-8-7-11(9-16)14(18)19/h1-4,11H,5-9H2,(H,18,19). The van der Waals surface area contributed by atoms with Crippen LogP contribution in [0.25, 0.3) is 0 Å². The zero-order chi connectivity index (χ0) is 13.8. The minimum absolute atomic E-state index is 0.0412. The van der Waals surface area contributed by atoms with Gasteiger partial charge in [-0.2, -0.15) is 0 Å². The average Bonchev–Trinajstić information content (AvgIpc) is 2.87. The molecule has 0 bridgehead atoms. The molecule has 1 unspecified atom stereocenters. The lowest BCUT2D eigenvalue weighted by Gasteiger charge is -2.15. The highest BCUT2D eigenvalue weighted by Crippen LogP contribution is 2.20. The number of rotatable bonds is 4. The normalized spacial score (nSPS) is 18.6. The minimum atomic E-state index is -0.805.